The number of anilines is 2. The van der Waals surface area contributed by atoms with Crippen LogP contribution in [0.15, 0.2) is 30.3 Å². The number of para-hydroxylation sites is 1. The predicted molar refractivity (Wildman–Crippen MR) is 106 cm³/mol. The van der Waals surface area contributed by atoms with Crippen LogP contribution < -0.4 is 24.4 Å². The third-order valence-electron chi connectivity index (χ3n) is 4.65. The van der Waals surface area contributed by atoms with E-state index in [1.165, 1.54) is 7.11 Å². The molecule has 0 spiro atoms. The Kier molecular flexibility index (Phi) is 5.45. The molecule has 1 fully saturated rings. The van der Waals surface area contributed by atoms with Gasteiger partial charge in [-0.15, -0.1) is 0 Å². The normalized spacial score (nSPS) is 15.9. The molecule has 0 atom stereocenters. The van der Waals surface area contributed by atoms with Crippen LogP contribution in [0.25, 0.3) is 0 Å². The quantitative estimate of drug-likeness (QED) is 0.843. The number of benzene rings is 2. The number of methoxy groups -OCH3 is 1. The SMILES string of the molecule is COc1cc(C(=O)Nc2cccc(Cl)c2N2CCOCC2)cc2c1OCCO2. The third-order valence-corrected chi connectivity index (χ3v) is 4.96. The standard InChI is InChI=1S/C20H21ClN2O5/c1-25-16-11-13(12-17-19(16)28-10-9-27-17)20(24)22-15-4-2-3-14(21)18(15)23-5-7-26-8-6-23/h2-4,11-12H,5-10H2,1H3,(H,22,24). The lowest BCUT2D eigenvalue weighted by Crippen LogP contribution is -2.37. The number of nitrogens with zero attached hydrogens (tertiary/aromatic N) is 1. The number of morpholine rings is 1. The summed E-state index contributed by atoms with van der Waals surface area (Å²) in [6.07, 6.45) is 0. The van der Waals surface area contributed by atoms with E-state index in [1.807, 2.05) is 18.2 Å². The molecule has 1 saturated heterocycles. The van der Waals surface area contributed by atoms with Crippen LogP contribution in [-0.2, 0) is 4.74 Å². The van der Waals surface area contributed by atoms with Gasteiger partial charge in [0.15, 0.2) is 11.5 Å². The lowest BCUT2D eigenvalue weighted by Gasteiger charge is -2.31. The molecule has 148 valence electrons. The number of ether oxygens (including phenoxy) is 4. The zero-order chi connectivity index (χ0) is 19.5. The second-order valence-corrected chi connectivity index (χ2v) is 6.80. The van der Waals surface area contributed by atoms with Crippen molar-refractivity contribution in [3.63, 3.8) is 0 Å². The minimum atomic E-state index is -0.285. The Balaban J connectivity index is 1.63. The largest absolute Gasteiger partial charge is 0.493 e. The van der Waals surface area contributed by atoms with E-state index in [2.05, 4.69) is 10.2 Å². The van der Waals surface area contributed by atoms with Crippen LogP contribution in [0.1, 0.15) is 10.4 Å². The van der Waals surface area contributed by atoms with Crippen molar-refractivity contribution in [1.29, 1.82) is 0 Å². The molecule has 8 heteroatoms. The number of carbonyl (C=O) groups excluding carboxylic acids is 1. The van der Waals surface area contributed by atoms with Crippen molar-refractivity contribution in [3.8, 4) is 17.2 Å². The second kappa shape index (κ2) is 8.16. The zero-order valence-corrected chi connectivity index (χ0v) is 16.3. The Labute approximate surface area is 168 Å². The van der Waals surface area contributed by atoms with Gasteiger partial charge in [-0.2, -0.15) is 0 Å². The molecular formula is C20H21ClN2O5. The molecule has 4 rings (SSSR count). The molecule has 2 aromatic rings. The summed E-state index contributed by atoms with van der Waals surface area (Å²) in [4.78, 5) is 15.1. The smallest absolute Gasteiger partial charge is 0.255 e. The third kappa shape index (κ3) is 3.68. The second-order valence-electron chi connectivity index (χ2n) is 6.39. The van der Waals surface area contributed by atoms with Crippen LogP contribution in [0.4, 0.5) is 11.4 Å². The Morgan fingerprint density at radius 1 is 1.14 bits per heavy atom. The molecule has 2 aromatic carbocycles. The molecule has 0 saturated carbocycles. The van der Waals surface area contributed by atoms with Crippen molar-refractivity contribution in [2.45, 2.75) is 0 Å². The first-order chi connectivity index (χ1) is 13.7. The molecule has 0 radical (unpaired) electrons. The van der Waals surface area contributed by atoms with Crippen molar-refractivity contribution >= 4 is 28.9 Å². The monoisotopic (exact) mass is 404 g/mol. The van der Waals surface area contributed by atoms with E-state index in [-0.39, 0.29) is 5.91 Å². The summed E-state index contributed by atoms with van der Waals surface area (Å²) in [5.74, 6) is 1.19. The lowest BCUT2D eigenvalue weighted by atomic mass is 10.1. The molecular weight excluding hydrogens is 384 g/mol. The van der Waals surface area contributed by atoms with Crippen LogP contribution in [0.2, 0.25) is 5.02 Å². The van der Waals surface area contributed by atoms with E-state index in [1.54, 1.807) is 12.1 Å². The fourth-order valence-corrected chi connectivity index (χ4v) is 3.62. The number of fused-ring (bicyclic) bond motifs is 1. The van der Waals surface area contributed by atoms with Crippen LogP contribution in [0.3, 0.4) is 0 Å². The fourth-order valence-electron chi connectivity index (χ4n) is 3.32. The minimum absolute atomic E-state index is 0.285. The first kappa shape index (κ1) is 18.7. The molecule has 2 heterocycles. The Morgan fingerprint density at radius 2 is 1.93 bits per heavy atom. The molecule has 1 N–H and O–H groups in total. The topological polar surface area (TPSA) is 69.3 Å². The van der Waals surface area contributed by atoms with E-state index in [0.717, 1.165) is 5.69 Å². The van der Waals surface area contributed by atoms with Gasteiger partial charge in [0.1, 0.15) is 13.2 Å². The summed E-state index contributed by atoms with van der Waals surface area (Å²) in [6.45, 7) is 3.54. The van der Waals surface area contributed by atoms with Crippen LogP contribution in [-0.4, -0.2) is 52.5 Å². The van der Waals surface area contributed by atoms with E-state index >= 15 is 0 Å². The summed E-state index contributed by atoms with van der Waals surface area (Å²) in [5, 5.41) is 3.55. The maximum Gasteiger partial charge on any atom is 0.255 e. The number of hydrogen-bond donors (Lipinski definition) is 1. The number of halogens is 1. The number of nitrogens with one attached hydrogen (secondary N) is 1. The van der Waals surface area contributed by atoms with Crippen molar-refractivity contribution in [1.82, 2.24) is 0 Å². The number of carbonyl (C=O) groups is 1. The number of hydrogen-bond acceptors (Lipinski definition) is 6. The zero-order valence-electron chi connectivity index (χ0n) is 15.5. The van der Waals surface area contributed by atoms with Gasteiger partial charge in [0.05, 0.1) is 36.7 Å². The highest BCUT2D eigenvalue weighted by atomic mass is 35.5. The Morgan fingerprint density at radius 3 is 2.71 bits per heavy atom. The first-order valence-corrected chi connectivity index (χ1v) is 9.45. The van der Waals surface area contributed by atoms with E-state index < -0.39 is 0 Å². The maximum absolute atomic E-state index is 13.0. The fraction of sp³-hybridized carbons (Fsp3) is 0.350. The van der Waals surface area contributed by atoms with Gasteiger partial charge in [-0.3, -0.25) is 4.79 Å². The summed E-state index contributed by atoms with van der Waals surface area (Å²) < 4.78 is 22.0. The van der Waals surface area contributed by atoms with E-state index in [4.69, 9.17) is 30.5 Å². The summed E-state index contributed by atoms with van der Waals surface area (Å²) >= 11 is 6.44. The lowest BCUT2D eigenvalue weighted by molar-refractivity contribution is 0.102. The molecule has 0 aliphatic carbocycles. The van der Waals surface area contributed by atoms with Gasteiger partial charge in [0.25, 0.3) is 5.91 Å². The molecule has 28 heavy (non-hydrogen) atoms. The summed E-state index contributed by atoms with van der Waals surface area (Å²) in [6, 6.07) is 8.76. The van der Waals surface area contributed by atoms with Crippen LogP contribution >= 0.6 is 11.6 Å². The average Bonchev–Trinajstić information content (AvgIpc) is 2.73. The number of rotatable bonds is 4. The predicted octanol–water partition coefficient (Wildman–Crippen LogP) is 3.21. The van der Waals surface area contributed by atoms with Crippen LogP contribution in [0, 0.1) is 0 Å². The van der Waals surface area contributed by atoms with Gasteiger partial charge in [0.2, 0.25) is 5.75 Å². The molecule has 0 unspecified atom stereocenters. The molecule has 2 aliphatic heterocycles. The average molecular weight is 405 g/mol. The van der Waals surface area contributed by atoms with Crippen LogP contribution in [0.5, 0.6) is 17.2 Å². The van der Waals surface area contributed by atoms with Crippen molar-refractivity contribution in [3.05, 3.63) is 40.9 Å². The van der Waals surface area contributed by atoms with Gasteiger partial charge in [-0.1, -0.05) is 17.7 Å². The summed E-state index contributed by atoms with van der Waals surface area (Å²) in [5.41, 5.74) is 1.85. The highest BCUT2D eigenvalue weighted by Gasteiger charge is 2.23. The maximum atomic E-state index is 13.0. The molecule has 7 nitrogen and oxygen atoms in total. The Hall–Kier alpha value is -2.64. The van der Waals surface area contributed by atoms with Gasteiger partial charge in [-0.05, 0) is 24.3 Å². The van der Waals surface area contributed by atoms with E-state index in [9.17, 15) is 4.79 Å². The van der Waals surface area contributed by atoms with Crippen molar-refractivity contribution in [2.24, 2.45) is 0 Å². The number of amides is 1. The first-order valence-electron chi connectivity index (χ1n) is 9.07. The highest BCUT2D eigenvalue weighted by molar-refractivity contribution is 6.34. The van der Waals surface area contributed by atoms with Crippen molar-refractivity contribution < 1.29 is 23.7 Å². The highest BCUT2D eigenvalue weighted by Crippen LogP contribution is 2.41. The molecule has 1 amide bonds. The molecule has 0 aromatic heterocycles. The van der Waals surface area contributed by atoms with Crippen molar-refractivity contribution in [2.75, 3.05) is 56.8 Å². The van der Waals surface area contributed by atoms with Gasteiger partial charge in [0, 0.05) is 18.7 Å². The van der Waals surface area contributed by atoms with Gasteiger partial charge >= 0.3 is 0 Å². The molecule has 0 bridgehead atoms. The molecule has 2 aliphatic rings. The Bertz CT molecular complexity index is 866. The van der Waals surface area contributed by atoms with E-state index in [0.29, 0.717) is 73.0 Å². The van der Waals surface area contributed by atoms with Gasteiger partial charge in [-0.25, -0.2) is 0 Å². The van der Waals surface area contributed by atoms with Gasteiger partial charge < -0.3 is 29.2 Å². The summed E-state index contributed by atoms with van der Waals surface area (Å²) in [7, 11) is 1.53. The minimum Gasteiger partial charge on any atom is -0.493 e.